The molecule has 6 nitrogen and oxygen atoms in total. The van der Waals surface area contributed by atoms with Crippen LogP contribution < -0.4 is 5.32 Å². The van der Waals surface area contributed by atoms with Gasteiger partial charge >= 0.3 is 12.1 Å². The number of rotatable bonds is 3. The summed E-state index contributed by atoms with van der Waals surface area (Å²) in [5.74, 6) is -0.530. The van der Waals surface area contributed by atoms with Crippen LogP contribution in [-0.2, 0) is 14.3 Å². The summed E-state index contributed by atoms with van der Waals surface area (Å²) < 4.78 is 9.96. The predicted octanol–water partition coefficient (Wildman–Crippen LogP) is 1.99. The summed E-state index contributed by atoms with van der Waals surface area (Å²) in [7, 11) is 1.30. The number of aliphatic hydroxyl groups is 1. The summed E-state index contributed by atoms with van der Waals surface area (Å²) >= 11 is 0. The Kier molecular flexibility index (Phi) is 5.61. The largest absolute Gasteiger partial charge is 0.467 e. The Bertz CT molecular complexity index is 376. The first-order chi connectivity index (χ1) is 9.54. The second-order valence-electron chi connectivity index (χ2n) is 6.98. The predicted molar refractivity (Wildman–Crippen MR) is 77.8 cm³/mol. The van der Waals surface area contributed by atoms with Crippen molar-refractivity contribution in [1.82, 2.24) is 5.32 Å². The minimum absolute atomic E-state index is 0.0507. The minimum atomic E-state index is -0.735. The van der Waals surface area contributed by atoms with Crippen molar-refractivity contribution in [1.29, 1.82) is 0 Å². The first-order valence-electron chi connectivity index (χ1n) is 7.34. The lowest BCUT2D eigenvalue weighted by Gasteiger charge is -2.36. The van der Waals surface area contributed by atoms with E-state index < -0.39 is 29.3 Å². The zero-order valence-electron chi connectivity index (χ0n) is 13.6. The molecule has 0 saturated heterocycles. The normalized spacial score (nSPS) is 27.6. The van der Waals surface area contributed by atoms with E-state index in [1.165, 1.54) is 7.11 Å². The van der Waals surface area contributed by atoms with Crippen molar-refractivity contribution in [2.75, 3.05) is 7.11 Å². The molecule has 6 heteroatoms. The number of methoxy groups -OCH3 is 1. The van der Waals surface area contributed by atoms with E-state index >= 15 is 0 Å². The smallest absolute Gasteiger partial charge is 0.408 e. The standard InChI is InChI=1S/C15H27NO5/c1-14(2,3)21-13(18)16-11(12(17)20-5)10-6-8-15(4,19)9-7-10/h10-11,19H,6-9H2,1-5H3,(H,16,18)/t10-,11-,15+/m0/s1. The van der Waals surface area contributed by atoms with Crippen molar-refractivity contribution in [2.24, 2.45) is 5.92 Å². The second kappa shape index (κ2) is 6.64. The van der Waals surface area contributed by atoms with Crippen molar-refractivity contribution < 1.29 is 24.2 Å². The summed E-state index contributed by atoms with van der Waals surface area (Å²) in [4.78, 5) is 23.8. The SMILES string of the molecule is COC(=O)[C@@H](NC(=O)OC(C)(C)C)[C@H]1CC[C@@](C)(O)CC1. The molecule has 122 valence electrons. The third-order valence-electron chi connectivity index (χ3n) is 3.71. The first kappa shape index (κ1) is 17.8. The van der Waals surface area contributed by atoms with E-state index in [2.05, 4.69) is 5.32 Å². The number of ether oxygens (including phenoxy) is 2. The van der Waals surface area contributed by atoms with Gasteiger partial charge in [0.15, 0.2) is 0 Å². The molecule has 0 aromatic carbocycles. The van der Waals surface area contributed by atoms with Gasteiger partial charge < -0.3 is 19.9 Å². The number of nitrogens with one attached hydrogen (secondary N) is 1. The third kappa shape index (κ3) is 5.91. The molecule has 0 bridgehead atoms. The van der Waals surface area contributed by atoms with Crippen LogP contribution in [0.5, 0.6) is 0 Å². The number of hydrogen-bond donors (Lipinski definition) is 2. The van der Waals surface area contributed by atoms with Gasteiger partial charge in [0.05, 0.1) is 12.7 Å². The van der Waals surface area contributed by atoms with E-state index in [0.29, 0.717) is 25.7 Å². The van der Waals surface area contributed by atoms with Gasteiger partial charge in [-0.25, -0.2) is 9.59 Å². The minimum Gasteiger partial charge on any atom is -0.467 e. The van der Waals surface area contributed by atoms with Crippen LogP contribution >= 0.6 is 0 Å². The molecule has 1 fully saturated rings. The van der Waals surface area contributed by atoms with Gasteiger partial charge in [-0.15, -0.1) is 0 Å². The van der Waals surface area contributed by atoms with Gasteiger partial charge in [0, 0.05) is 0 Å². The van der Waals surface area contributed by atoms with Crippen LogP contribution in [0.25, 0.3) is 0 Å². The van der Waals surface area contributed by atoms with Gasteiger partial charge in [0.2, 0.25) is 0 Å². The van der Waals surface area contributed by atoms with Crippen molar-refractivity contribution in [3.05, 3.63) is 0 Å². The quantitative estimate of drug-likeness (QED) is 0.779. The fraction of sp³-hybridized carbons (Fsp3) is 0.867. The zero-order chi connectivity index (χ0) is 16.3. The van der Waals surface area contributed by atoms with Crippen molar-refractivity contribution in [2.45, 2.75) is 70.6 Å². The van der Waals surface area contributed by atoms with Crippen LogP contribution in [-0.4, -0.2) is 41.5 Å². The first-order valence-corrected chi connectivity index (χ1v) is 7.34. The van der Waals surface area contributed by atoms with Gasteiger partial charge in [-0.2, -0.15) is 0 Å². The van der Waals surface area contributed by atoms with Crippen LogP contribution in [0.3, 0.4) is 0 Å². The highest BCUT2D eigenvalue weighted by atomic mass is 16.6. The number of amides is 1. The summed E-state index contributed by atoms with van der Waals surface area (Å²) in [5.41, 5.74) is -1.32. The van der Waals surface area contributed by atoms with Crippen molar-refractivity contribution in [3.8, 4) is 0 Å². The van der Waals surface area contributed by atoms with Crippen LogP contribution in [0, 0.1) is 5.92 Å². The summed E-state index contributed by atoms with van der Waals surface area (Å²) in [5, 5.41) is 12.6. The highest BCUT2D eigenvalue weighted by molar-refractivity contribution is 5.81. The van der Waals surface area contributed by atoms with Gasteiger partial charge in [-0.05, 0) is 59.3 Å². The molecule has 21 heavy (non-hydrogen) atoms. The molecule has 0 radical (unpaired) electrons. The molecule has 1 saturated carbocycles. The van der Waals surface area contributed by atoms with Gasteiger partial charge in [-0.3, -0.25) is 0 Å². The second-order valence-corrected chi connectivity index (χ2v) is 6.98. The maximum absolute atomic E-state index is 11.9. The molecule has 0 unspecified atom stereocenters. The summed E-state index contributed by atoms with van der Waals surface area (Å²) in [6.45, 7) is 7.07. The van der Waals surface area contributed by atoms with Gasteiger partial charge in [0.25, 0.3) is 0 Å². The summed E-state index contributed by atoms with van der Waals surface area (Å²) in [6, 6.07) is -0.735. The molecule has 2 N–H and O–H groups in total. The molecule has 0 aromatic rings. The van der Waals surface area contributed by atoms with Crippen LogP contribution in [0.15, 0.2) is 0 Å². The summed E-state index contributed by atoms with van der Waals surface area (Å²) in [6.07, 6.45) is 1.88. The molecule has 0 aliphatic heterocycles. The molecule has 0 heterocycles. The molecular formula is C15H27NO5. The molecule has 1 rings (SSSR count). The number of esters is 1. The Balaban J connectivity index is 2.69. The maximum Gasteiger partial charge on any atom is 0.408 e. The van der Waals surface area contributed by atoms with Crippen molar-refractivity contribution >= 4 is 12.1 Å². The lowest BCUT2D eigenvalue weighted by atomic mass is 9.77. The van der Waals surface area contributed by atoms with Crippen LogP contribution in [0.2, 0.25) is 0 Å². The Morgan fingerprint density at radius 2 is 1.81 bits per heavy atom. The molecule has 1 atom stereocenters. The molecule has 1 aliphatic rings. The Morgan fingerprint density at radius 1 is 1.29 bits per heavy atom. The fourth-order valence-corrected chi connectivity index (χ4v) is 2.53. The average molecular weight is 301 g/mol. The monoisotopic (exact) mass is 301 g/mol. The number of carbonyl (C=O) groups is 2. The molecular weight excluding hydrogens is 274 g/mol. The van der Waals surface area contributed by atoms with Crippen LogP contribution in [0.1, 0.15) is 53.4 Å². The van der Waals surface area contributed by atoms with E-state index in [4.69, 9.17) is 9.47 Å². The Labute approximate surface area is 126 Å². The highest BCUT2D eigenvalue weighted by Crippen LogP contribution is 2.33. The van der Waals surface area contributed by atoms with Gasteiger partial charge in [-0.1, -0.05) is 0 Å². The number of hydrogen-bond acceptors (Lipinski definition) is 5. The third-order valence-corrected chi connectivity index (χ3v) is 3.71. The van der Waals surface area contributed by atoms with Crippen molar-refractivity contribution in [3.63, 3.8) is 0 Å². The molecule has 1 amide bonds. The highest BCUT2D eigenvalue weighted by Gasteiger charge is 2.37. The molecule has 0 spiro atoms. The number of alkyl carbamates (subject to hydrolysis) is 1. The van der Waals surface area contributed by atoms with Crippen LogP contribution in [0.4, 0.5) is 4.79 Å². The zero-order valence-corrected chi connectivity index (χ0v) is 13.6. The molecule has 0 aromatic heterocycles. The lowest BCUT2D eigenvalue weighted by molar-refractivity contribution is -0.145. The fourth-order valence-electron chi connectivity index (χ4n) is 2.53. The lowest BCUT2D eigenvalue weighted by Crippen LogP contribution is -2.50. The van der Waals surface area contributed by atoms with Gasteiger partial charge in [0.1, 0.15) is 11.6 Å². The van der Waals surface area contributed by atoms with E-state index in [-0.39, 0.29) is 5.92 Å². The maximum atomic E-state index is 11.9. The Morgan fingerprint density at radius 3 is 2.24 bits per heavy atom. The Hall–Kier alpha value is -1.30. The van der Waals surface area contributed by atoms with E-state index in [0.717, 1.165) is 0 Å². The number of carbonyl (C=O) groups excluding carboxylic acids is 2. The van der Waals surface area contributed by atoms with E-state index in [9.17, 15) is 14.7 Å². The molecule has 1 aliphatic carbocycles. The topological polar surface area (TPSA) is 84.9 Å². The average Bonchev–Trinajstić information content (AvgIpc) is 2.33. The van der Waals surface area contributed by atoms with E-state index in [1.54, 1.807) is 27.7 Å². The van der Waals surface area contributed by atoms with E-state index in [1.807, 2.05) is 0 Å².